The Bertz CT molecular complexity index is 714. The molecular formula is C18H22ClN5O. The standard InChI is InChI=1S/C18H22ClN5O/c1-13(25)20-9-6-14-7-10-24(11-8-14)18-22-17(12-21-23-18)15-2-4-16(19)5-3-15/h2-5,12,14H,6-11H2,1H3,(H,20,25). The number of piperidine rings is 1. The van der Waals surface area contributed by atoms with E-state index in [1.54, 1.807) is 13.1 Å². The average Bonchev–Trinajstić information content (AvgIpc) is 2.63. The SMILES string of the molecule is CC(=O)NCCC1CCN(c2nncc(-c3ccc(Cl)cc3)n2)CC1. The minimum absolute atomic E-state index is 0.0379. The number of rotatable bonds is 5. The molecule has 0 bridgehead atoms. The molecule has 1 aromatic heterocycles. The topological polar surface area (TPSA) is 71.0 Å². The van der Waals surface area contributed by atoms with Crippen LogP contribution in [0.5, 0.6) is 0 Å². The first-order chi connectivity index (χ1) is 12.1. The summed E-state index contributed by atoms with van der Waals surface area (Å²) in [5.74, 6) is 1.35. The Morgan fingerprint density at radius 2 is 2.00 bits per heavy atom. The Balaban J connectivity index is 1.59. The number of carbonyl (C=O) groups is 1. The zero-order valence-electron chi connectivity index (χ0n) is 14.3. The smallest absolute Gasteiger partial charge is 0.245 e. The van der Waals surface area contributed by atoms with E-state index in [9.17, 15) is 4.79 Å². The molecule has 6 nitrogen and oxygen atoms in total. The number of benzene rings is 1. The lowest BCUT2D eigenvalue weighted by Gasteiger charge is -2.31. The van der Waals surface area contributed by atoms with Crippen molar-refractivity contribution >= 4 is 23.5 Å². The fraction of sp³-hybridized carbons (Fsp3) is 0.444. The van der Waals surface area contributed by atoms with Gasteiger partial charge in [0, 0.05) is 37.1 Å². The third-order valence-corrected chi connectivity index (χ3v) is 4.76. The predicted octanol–water partition coefficient (Wildman–Crippen LogP) is 2.93. The number of hydrogen-bond donors (Lipinski definition) is 1. The normalized spacial score (nSPS) is 15.2. The first-order valence-corrected chi connectivity index (χ1v) is 8.94. The number of nitrogens with zero attached hydrogens (tertiary/aromatic N) is 4. The van der Waals surface area contributed by atoms with E-state index in [0.717, 1.165) is 50.2 Å². The van der Waals surface area contributed by atoms with Crippen LogP contribution in [-0.4, -0.2) is 40.7 Å². The summed E-state index contributed by atoms with van der Waals surface area (Å²) in [6.07, 6.45) is 4.85. The van der Waals surface area contributed by atoms with Crippen molar-refractivity contribution in [1.29, 1.82) is 0 Å². The maximum Gasteiger partial charge on any atom is 0.245 e. The van der Waals surface area contributed by atoms with Gasteiger partial charge in [0.05, 0.1) is 11.9 Å². The van der Waals surface area contributed by atoms with Crippen LogP contribution in [-0.2, 0) is 4.79 Å². The molecule has 0 radical (unpaired) electrons. The Morgan fingerprint density at radius 3 is 2.68 bits per heavy atom. The highest BCUT2D eigenvalue weighted by molar-refractivity contribution is 6.30. The van der Waals surface area contributed by atoms with Crippen molar-refractivity contribution in [3.63, 3.8) is 0 Å². The van der Waals surface area contributed by atoms with Crippen molar-refractivity contribution in [3.05, 3.63) is 35.5 Å². The van der Waals surface area contributed by atoms with Gasteiger partial charge in [-0.25, -0.2) is 4.98 Å². The van der Waals surface area contributed by atoms with Crippen molar-refractivity contribution in [2.45, 2.75) is 26.2 Å². The fourth-order valence-corrected chi connectivity index (χ4v) is 3.19. The first kappa shape index (κ1) is 17.6. The molecule has 25 heavy (non-hydrogen) atoms. The van der Waals surface area contributed by atoms with E-state index in [0.29, 0.717) is 16.9 Å². The van der Waals surface area contributed by atoms with Crippen molar-refractivity contribution in [3.8, 4) is 11.3 Å². The third kappa shape index (κ3) is 4.89. The summed E-state index contributed by atoms with van der Waals surface area (Å²) in [6, 6.07) is 7.56. The van der Waals surface area contributed by atoms with Gasteiger partial charge in [0.25, 0.3) is 0 Å². The van der Waals surface area contributed by atoms with Gasteiger partial charge in [-0.15, -0.1) is 5.10 Å². The lowest BCUT2D eigenvalue weighted by atomic mass is 9.94. The van der Waals surface area contributed by atoms with Crippen LogP contribution in [0.2, 0.25) is 5.02 Å². The molecule has 1 amide bonds. The Labute approximate surface area is 152 Å². The summed E-state index contributed by atoms with van der Waals surface area (Å²) in [6.45, 7) is 4.14. The van der Waals surface area contributed by atoms with Crippen LogP contribution in [0.15, 0.2) is 30.5 Å². The average molecular weight is 360 g/mol. The molecule has 7 heteroatoms. The first-order valence-electron chi connectivity index (χ1n) is 8.57. The van der Waals surface area contributed by atoms with Crippen LogP contribution in [0.3, 0.4) is 0 Å². The van der Waals surface area contributed by atoms with Crippen LogP contribution in [0, 0.1) is 5.92 Å². The highest BCUT2D eigenvalue weighted by atomic mass is 35.5. The van der Waals surface area contributed by atoms with Crippen LogP contribution in [0.25, 0.3) is 11.3 Å². The van der Waals surface area contributed by atoms with Gasteiger partial charge in [0.2, 0.25) is 11.9 Å². The second-order valence-electron chi connectivity index (χ2n) is 6.35. The molecular weight excluding hydrogens is 338 g/mol. The zero-order chi connectivity index (χ0) is 17.6. The van der Waals surface area contributed by atoms with Crippen LogP contribution in [0.1, 0.15) is 26.2 Å². The maximum atomic E-state index is 10.9. The summed E-state index contributed by atoms with van der Waals surface area (Å²) in [5.41, 5.74) is 1.78. The molecule has 132 valence electrons. The summed E-state index contributed by atoms with van der Waals surface area (Å²) in [7, 11) is 0. The molecule has 0 aliphatic carbocycles. The second kappa shape index (κ2) is 8.25. The van der Waals surface area contributed by atoms with Crippen molar-refractivity contribution in [2.75, 3.05) is 24.5 Å². The third-order valence-electron chi connectivity index (χ3n) is 4.51. The van der Waals surface area contributed by atoms with E-state index in [2.05, 4.69) is 25.4 Å². The van der Waals surface area contributed by atoms with Crippen molar-refractivity contribution < 1.29 is 4.79 Å². The van der Waals surface area contributed by atoms with Gasteiger partial charge < -0.3 is 10.2 Å². The van der Waals surface area contributed by atoms with E-state index in [-0.39, 0.29) is 5.91 Å². The number of carbonyl (C=O) groups excluding carboxylic acids is 1. The number of aromatic nitrogens is 3. The summed E-state index contributed by atoms with van der Waals surface area (Å²) < 4.78 is 0. The van der Waals surface area contributed by atoms with Gasteiger partial charge in [-0.05, 0) is 37.3 Å². The molecule has 1 aliphatic rings. The lowest BCUT2D eigenvalue weighted by molar-refractivity contribution is -0.119. The van der Waals surface area contributed by atoms with Gasteiger partial charge in [-0.1, -0.05) is 23.7 Å². The molecule has 1 N–H and O–H groups in total. The molecule has 0 spiro atoms. The van der Waals surface area contributed by atoms with Crippen molar-refractivity contribution in [2.24, 2.45) is 5.92 Å². The molecule has 2 heterocycles. The van der Waals surface area contributed by atoms with Crippen LogP contribution in [0.4, 0.5) is 5.95 Å². The van der Waals surface area contributed by atoms with Gasteiger partial charge in [0.1, 0.15) is 0 Å². The number of nitrogens with one attached hydrogen (secondary N) is 1. The minimum Gasteiger partial charge on any atom is -0.356 e. The van der Waals surface area contributed by atoms with Crippen LogP contribution < -0.4 is 10.2 Å². The molecule has 0 atom stereocenters. The molecule has 3 rings (SSSR count). The molecule has 1 aliphatic heterocycles. The Kier molecular flexibility index (Phi) is 5.81. The maximum absolute atomic E-state index is 10.9. The largest absolute Gasteiger partial charge is 0.356 e. The highest BCUT2D eigenvalue weighted by Crippen LogP contribution is 2.24. The minimum atomic E-state index is 0.0379. The Hall–Kier alpha value is -2.21. The molecule has 1 fully saturated rings. The second-order valence-corrected chi connectivity index (χ2v) is 6.79. The van der Waals surface area contributed by atoms with E-state index in [1.807, 2.05) is 24.3 Å². The quantitative estimate of drug-likeness (QED) is 0.888. The Morgan fingerprint density at radius 1 is 1.28 bits per heavy atom. The van der Waals surface area contributed by atoms with E-state index < -0.39 is 0 Å². The highest BCUT2D eigenvalue weighted by Gasteiger charge is 2.21. The van der Waals surface area contributed by atoms with E-state index in [4.69, 9.17) is 11.6 Å². The molecule has 1 saturated heterocycles. The predicted molar refractivity (Wildman–Crippen MR) is 98.5 cm³/mol. The number of amides is 1. The van der Waals surface area contributed by atoms with Crippen molar-refractivity contribution in [1.82, 2.24) is 20.5 Å². The monoisotopic (exact) mass is 359 g/mol. The zero-order valence-corrected chi connectivity index (χ0v) is 15.0. The van der Waals surface area contributed by atoms with Gasteiger partial charge in [0.15, 0.2) is 0 Å². The molecule has 2 aromatic rings. The number of anilines is 1. The summed E-state index contributed by atoms with van der Waals surface area (Å²) >= 11 is 5.94. The fourth-order valence-electron chi connectivity index (χ4n) is 3.06. The summed E-state index contributed by atoms with van der Waals surface area (Å²) in [5, 5.41) is 11.9. The van der Waals surface area contributed by atoms with Gasteiger partial charge in [-0.2, -0.15) is 5.10 Å². The molecule has 0 saturated carbocycles. The summed E-state index contributed by atoms with van der Waals surface area (Å²) in [4.78, 5) is 17.8. The number of halogens is 1. The van der Waals surface area contributed by atoms with Crippen LogP contribution >= 0.6 is 11.6 Å². The lowest BCUT2D eigenvalue weighted by Crippen LogP contribution is -2.36. The van der Waals surface area contributed by atoms with Gasteiger partial charge in [-0.3, -0.25) is 4.79 Å². The molecule has 1 aromatic carbocycles. The van der Waals surface area contributed by atoms with Gasteiger partial charge >= 0.3 is 0 Å². The van der Waals surface area contributed by atoms with E-state index >= 15 is 0 Å². The van der Waals surface area contributed by atoms with E-state index in [1.165, 1.54) is 0 Å². The molecule has 0 unspecified atom stereocenters. The number of hydrogen-bond acceptors (Lipinski definition) is 5.